The first-order valence-electron chi connectivity index (χ1n) is 2.51. The van der Waals surface area contributed by atoms with Gasteiger partial charge in [-0.25, -0.2) is 4.79 Å². The lowest BCUT2D eigenvalue weighted by Gasteiger charge is -1.81. The molecule has 0 aliphatic heterocycles. The second-order valence-corrected chi connectivity index (χ2v) is 1.41. The molecule has 0 aromatic heterocycles. The molecule has 0 aliphatic carbocycles. The number of isocyanates is 1. The number of amides is 1. The number of nitrogens with zero attached hydrogens (tertiary/aromatic N) is 1. The van der Waals surface area contributed by atoms with E-state index in [4.69, 9.17) is 0 Å². The van der Waals surface area contributed by atoms with E-state index in [1.807, 2.05) is 0 Å². The van der Waals surface area contributed by atoms with Gasteiger partial charge in [-0.15, -0.1) is 0 Å². The third-order valence-electron chi connectivity index (χ3n) is 0.808. The summed E-state index contributed by atoms with van der Waals surface area (Å²) in [7, 11) is 0. The van der Waals surface area contributed by atoms with Gasteiger partial charge in [-0.05, 0) is 0 Å². The van der Waals surface area contributed by atoms with Crippen molar-refractivity contribution in [2.45, 2.75) is 0 Å². The van der Waals surface area contributed by atoms with Crippen LogP contribution in [-0.4, -0.2) is 29.4 Å². The van der Waals surface area contributed by atoms with Gasteiger partial charge < -0.3 is 0 Å². The van der Waals surface area contributed by atoms with Crippen molar-refractivity contribution in [2.24, 2.45) is 0 Å². The van der Waals surface area contributed by atoms with Crippen LogP contribution in [0, 0.1) is 0 Å². The summed E-state index contributed by atoms with van der Waals surface area (Å²) in [5, 5.41) is 0. The van der Waals surface area contributed by atoms with E-state index in [-0.39, 0.29) is 6.54 Å². The number of carbonyl (C=O) groups is 2. The Morgan fingerprint density at radius 3 is 2.60 bits per heavy atom. The molecule has 1 amide bonds. The zero-order chi connectivity index (χ0) is 7.98. The molecule has 4 nitrogen and oxygen atoms in total. The smallest absolute Gasteiger partial charge is 0.296 e. The minimum absolute atomic E-state index is 0.269. The second-order valence-electron chi connectivity index (χ2n) is 1.41. The molecule has 0 rings (SSSR count). The summed E-state index contributed by atoms with van der Waals surface area (Å²) in [6, 6.07) is 0. The van der Waals surface area contributed by atoms with Crippen LogP contribution in [0.2, 0.25) is 0 Å². The summed E-state index contributed by atoms with van der Waals surface area (Å²) >= 11 is 0. The fourth-order valence-electron chi connectivity index (χ4n) is 0.357. The Morgan fingerprint density at radius 1 is 1.70 bits per heavy atom. The highest BCUT2D eigenvalue weighted by atomic mass is 16.2. The highest BCUT2D eigenvalue weighted by Gasteiger charge is 2.12. The van der Waals surface area contributed by atoms with Crippen molar-refractivity contribution < 1.29 is 19.0 Å². The molecule has 10 heavy (non-hydrogen) atoms. The minimum Gasteiger partial charge on any atom is -0.296 e. The van der Waals surface area contributed by atoms with Crippen molar-refractivity contribution in [3.05, 3.63) is 12.7 Å². The quantitative estimate of drug-likeness (QED) is 0.170. The van der Waals surface area contributed by atoms with Gasteiger partial charge in [0.15, 0.2) is 6.29 Å². The summed E-state index contributed by atoms with van der Waals surface area (Å²) < 4.78 is 0.597. The summed E-state index contributed by atoms with van der Waals surface area (Å²) in [5.74, 6) is -0.623. The van der Waals surface area contributed by atoms with Gasteiger partial charge in [-0.3, -0.25) is 4.79 Å². The van der Waals surface area contributed by atoms with Gasteiger partial charge in [0, 0.05) is 6.08 Å². The summed E-state index contributed by atoms with van der Waals surface area (Å²) in [6.07, 6.45) is 2.66. The van der Waals surface area contributed by atoms with E-state index in [9.17, 15) is 14.4 Å². The van der Waals surface area contributed by atoms with Crippen LogP contribution in [0.3, 0.4) is 0 Å². The predicted molar refractivity (Wildman–Crippen MR) is 32.1 cm³/mol. The zero-order valence-corrected chi connectivity index (χ0v) is 5.24. The first-order valence-corrected chi connectivity index (χ1v) is 2.51. The second kappa shape index (κ2) is 4.35. The summed E-state index contributed by atoms with van der Waals surface area (Å²) in [5.41, 5.74) is 0. The normalized spacial score (nSPS) is 7.60. The van der Waals surface area contributed by atoms with E-state index in [1.165, 1.54) is 6.08 Å². The number of rotatable bonds is 3. The van der Waals surface area contributed by atoms with E-state index in [0.717, 1.165) is 6.08 Å². The molecule has 4 heteroatoms. The Labute approximate surface area is 57.5 Å². The van der Waals surface area contributed by atoms with E-state index in [2.05, 4.69) is 6.58 Å². The van der Waals surface area contributed by atoms with Gasteiger partial charge in [0.2, 0.25) is 6.54 Å². The Bertz CT molecular complexity index is 213. The number of carbonyl (C=O) groups excluding carboxylic acids is 3. The van der Waals surface area contributed by atoms with Crippen molar-refractivity contribution in [2.75, 3.05) is 6.54 Å². The molecule has 0 aromatic carbocycles. The van der Waals surface area contributed by atoms with Gasteiger partial charge in [0.25, 0.3) is 0 Å². The molecule has 0 heterocycles. The van der Waals surface area contributed by atoms with Crippen molar-refractivity contribution >= 4 is 18.3 Å². The van der Waals surface area contributed by atoms with Crippen molar-refractivity contribution in [1.29, 1.82) is 0 Å². The number of hydrogen-bond donors (Lipinski definition) is 0. The molecule has 0 bridgehead atoms. The molecular formula is C6H6NO3+. The van der Waals surface area contributed by atoms with Crippen LogP contribution in [-0.2, 0) is 14.4 Å². The molecule has 0 saturated carbocycles. The van der Waals surface area contributed by atoms with Crippen LogP contribution < -0.4 is 0 Å². The lowest BCUT2D eigenvalue weighted by Crippen LogP contribution is -2.19. The zero-order valence-electron chi connectivity index (χ0n) is 5.24. The van der Waals surface area contributed by atoms with Gasteiger partial charge in [0.05, 0.1) is 0 Å². The standard InChI is InChI=1S/C6H6NO3/c1-2-6(10)7(5-9)3-4-8/h2,4H,1,3H2/q+1. The third kappa shape index (κ3) is 2.15. The summed E-state index contributed by atoms with van der Waals surface area (Å²) in [6.45, 7) is 2.86. The van der Waals surface area contributed by atoms with Crippen LogP contribution in [0.15, 0.2) is 12.7 Å². The molecule has 52 valence electrons. The van der Waals surface area contributed by atoms with E-state index in [0.29, 0.717) is 10.9 Å². The Balaban J connectivity index is 4.37. The Kier molecular flexibility index (Phi) is 3.68. The maximum Gasteiger partial charge on any atom is 0.433 e. The molecular weight excluding hydrogens is 134 g/mol. The fraction of sp³-hybridized carbons (Fsp3) is 0.167. The lowest BCUT2D eigenvalue weighted by atomic mass is 10.5. The van der Waals surface area contributed by atoms with Crippen LogP contribution in [0.1, 0.15) is 0 Å². The molecule has 0 saturated heterocycles. The number of aldehydes is 1. The maximum absolute atomic E-state index is 10.5. The molecule has 0 aliphatic rings. The van der Waals surface area contributed by atoms with Gasteiger partial charge >= 0.3 is 12.0 Å². The average Bonchev–Trinajstić information content (AvgIpc) is 1.99. The van der Waals surface area contributed by atoms with E-state index in [1.54, 1.807) is 0 Å². The van der Waals surface area contributed by atoms with E-state index < -0.39 is 5.91 Å². The Morgan fingerprint density at radius 2 is 2.30 bits per heavy atom. The van der Waals surface area contributed by atoms with Crippen LogP contribution in [0.25, 0.3) is 0 Å². The van der Waals surface area contributed by atoms with Gasteiger partial charge in [-0.2, -0.15) is 4.79 Å². The maximum atomic E-state index is 10.5. The SMILES string of the molecule is C=CC(=O)[N+](=C=O)CC=O. The molecule has 0 fully saturated rings. The first-order chi connectivity index (χ1) is 4.76. The average molecular weight is 140 g/mol. The van der Waals surface area contributed by atoms with Crippen molar-refractivity contribution in [1.82, 2.24) is 0 Å². The highest BCUT2D eigenvalue weighted by molar-refractivity contribution is 5.81. The molecule has 0 radical (unpaired) electrons. The van der Waals surface area contributed by atoms with Crippen molar-refractivity contribution in [3.63, 3.8) is 0 Å². The molecule has 0 aromatic rings. The predicted octanol–water partition coefficient (Wildman–Crippen LogP) is -0.754. The first kappa shape index (κ1) is 8.46. The molecule has 0 spiro atoms. The van der Waals surface area contributed by atoms with Crippen LogP contribution in [0.5, 0.6) is 0 Å². The van der Waals surface area contributed by atoms with Crippen molar-refractivity contribution in [3.8, 4) is 0 Å². The van der Waals surface area contributed by atoms with Crippen LogP contribution >= 0.6 is 0 Å². The van der Waals surface area contributed by atoms with E-state index >= 15 is 0 Å². The number of hydrogen-bond acceptors (Lipinski definition) is 3. The largest absolute Gasteiger partial charge is 0.433 e. The topological polar surface area (TPSA) is 54.2 Å². The molecule has 0 atom stereocenters. The molecule has 0 unspecified atom stereocenters. The van der Waals surface area contributed by atoms with Gasteiger partial charge in [0.1, 0.15) is 0 Å². The third-order valence-corrected chi connectivity index (χ3v) is 0.808. The lowest BCUT2D eigenvalue weighted by molar-refractivity contribution is -0.428. The minimum atomic E-state index is -0.623. The van der Waals surface area contributed by atoms with Gasteiger partial charge in [-0.1, -0.05) is 11.2 Å². The Hall–Kier alpha value is -1.54. The fourth-order valence-corrected chi connectivity index (χ4v) is 0.357. The van der Waals surface area contributed by atoms with Crippen LogP contribution in [0.4, 0.5) is 0 Å². The monoisotopic (exact) mass is 140 g/mol. The highest BCUT2D eigenvalue weighted by Crippen LogP contribution is 1.74. The molecule has 0 N–H and O–H groups in total. The summed E-state index contributed by atoms with van der Waals surface area (Å²) in [4.78, 5) is 30.2.